The van der Waals surface area contributed by atoms with E-state index in [4.69, 9.17) is 4.52 Å². The summed E-state index contributed by atoms with van der Waals surface area (Å²) in [5.41, 5.74) is 2.83. The molecule has 0 saturated heterocycles. The summed E-state index contributed by atoms with van der Waals surface area (Å²) in [6, 6.07) is 18.3. The summed E-state index contributed by atoms with van der Waals surface area (Å²) >= 11 is 0. The van der Waals surface area contributed by atoms with E-state index in [1.165, 1.54) is 12.1 Å². The third kappa shape index (κ3) is 5.67. The zero-order valence-electron chi connectivity index (χ0n) is 15.3. The van der Waals surface area contributed by atoms with Crippen LogP contribution >= 0.6 is 0 Å². The molecule has 3 aromatic rings. The van der Waals surface area contributed by atoms with Crippen LogP contribution in [0, 0.1) is 5.82 Å². The highest BCUT2D eigenvalue weighted by Gasteiger charge is 2.06. The number of nitrogens with zero attached hydrogens (tertiary/aromatic N) is 2. The smallest absolute Gasteiger partial charge is 0.191 e. The number of guanidine groups is 1. The maximum absolute atomic E-state index is 13.0. The van der Waals surface area contributed by atoms with Gasteiger partial charge in [-0.15, -0.1) is 0 Å². The molecule has 0 fully saturated rings. The van der Waals surface area contributed by atoms with Gasteiger partial charge in [0.2, 0.25) is 0 Å². The van der Waals surface area contributed by atoms with Crippen LogP contribution in [0.5, 0.6) is 0 Å². The van der Waals surface area contributed by atoms with Crippen molar-refractivity contribution < 1.29 is 8.91 Å². The Labute approximate surface area is 158 Å². The zero-order valence-corrected chi connectivity index (χ0v) is 15.3. The van der Waals surface area contributed by atoms with E-state index in [0.717, 1.165) is 35.5 Å². The Kier molecular flexibility index (Phi) is 6.57. The van der Waals surface area contributed by atoms with E-state index in [0.29, 0.717) is 19.0 Å². The second-order valence-electron chi connectivity index (χ2n) is 6.05. The van der Waals surface area contributed by atoms with Crippen LogP contribution in [0.1, 0.15) is 18.2 Å². The van der Waals surface area contributed by atoms with Crippen molar-refractivity contribution in [2.75, 3.05) is 13.1 Å². The van der Waals surface area contributed by atoms with Gasteiger partial charge in [-0.3, -0.25) is 0 Å². The second kappa shape index (κ2) is 9.52. The van der Waals surface area contributed by atoms with Crippen LogP contribution in [0.15, 0.2) is 70.2 Å². The van der Waals surface area contributed by atoms with Gasteiger partial charge < -0.3 is 15.2 Å². The molecule has 6 heteroatoms. The lowest BCUT2D eigenvalue weighted by molar-refractivity contribution is 0.424. The van der Waals surface area contributed by atoms with Crippen LogP contribution in [0.4, 0.5) is 4.39 Å². The average Bonchev–Trinajstić information content (AvgIpc) is 3.17. The predicted molar refractivity (Wildman–Crippen MR) is 105 cm³/mol. The number of rotatable bonds is 7. The fraction of sp³-hybridized carbons (Fsp3) is 0.238. The lowest BCUT2D eigenvalue weighted by Crippen LogP contribution is -2.38. The third-order valence-corrected chi connectivity index (χ3v) is 3.98. The van der Waals surface area contributed by atoms with Crippen molar-refractivity contribution in [3.63, 3.8) is 0 Å². The Morgan fingerprint density at radius 1 is 1.07 bits per heavy atom. The van der Waals surface area contributed by atoms with Crippen LogP contribution in [-0.4, -0.2) is 24.2 Å². The SMILES string of the molecule is CCNC(=NCc1cc(-c2ccccc2)on1)NCCc1ccc(F)cc1. The number of aliphatic imine (C=N–C) groups is 1. The molecule has 0 atom stereocenters. The highest BCUT2D eigenvalue weighted by Crippen LogP contribution is 2.19. The Bertz CT molecular complexity index is 859. The number of hydrogen-bond acceptors (Lipinski definition) is 3. The summed E-state index contributed by atoms with van der Waals surface area (Å²) in [4.78, 5) is 4.55. The van der Waals surface area contributed by atoms with E-state index >= 15 is 0 Å². The summed E-state index contributed by atoms with van der Waals surface area (Å²) in [6.07, 6.45) is 0.785. The molecule has 0 unspecified atom stereocenters. The lowest BCUT2D eigenvalue weighted by Gasteiger charge is -2.10. The van der Waals surface area contributed by atoms with Crippen molar-refractivity contribution in [3.05, 3.63) is 77.7 Å². The van der Waals surface area contributed by atoms with E-state index in [-0.39, 0.29) is 5.82 Å². The van der Waals surface area contributed by atoms with E-state index in [2.05, 4.69) is 20.8 Å². The molecule has 0 radical (unpaired) electrons. The van der Waals surface area contributed by atoms with Crippen molar-refractivity contribution in [2.24, 2.45) is 4.99 Å². The first-order valence-electron chi connectivity index (χ1n) is 9.02. The lowest BCUT2D eigenvalue weighted by atomic mass is 10.1. The molecule has 1 aromatic heterocycles. The van der Waals surface area contributed by atoms with Gasteiger partial charge in [-0.1, -0.05) is 47.6 Å². The predicted octanol–water partition coefficient (Wildman–Crippen LogP) is 3.78. The quantitative estimate of drug-likeness (QED) is 0.493. The topological polar surface area (TPSA) is 62.5 Å². The molecule has 140 valence electrons. The Hall–Kier alpha value is -3.15. The first kappa shape index (κ1) is 18.6. The van der Waals surface area contributed by atoms with E-state index < -0.39 is 0 Å². The van der Waals surface area contributed by atoms with E-state index in [1.807, 2.05) is 43.3 Å². The molecule has 1 heterocycles. The Balaban J connectivity index is 1.55. The van der Waals surface area contributed by atoms with Crippen LogP contribution in [-0.2, 0) is 13.0 Å². The minimum Gasteiger partial charge on any atom is -0.357 e. The number of benzene rings is 2. The molecule has 0 amide bonds. The largest absolute Gasteiger partial charge is 0.357 e. The van der Waals surface area contributed by atoms with Gasteiger partial charge in [0.15, 0.2) is 11.7 Å². The molecule has 5 nitrogen and oxygen atoms in total. The second-order valence-corrected chi connectivity index (χ2v) is 6.05. The van der Waals surface area contributed by atoms with Gasteiger partial charge in [-0.25, -0.2) is 9.38 Å². The van der Waals surface area contributed by atoms with Crippen molar-refractivity contribution in [3.8, 4) is 11.3 Å². The number of halogens is 1. The third-order valence-electron chi connectivity index (χ3n) is 3.98. The molecule has 0 aliphatic carbocycles. The summed E-state index contributed by atoms with van der Waals surface area (Å²) in [6.45, 7) is 3.89. The summed E-state index contributed by atoms with van der Waals surface area (Å²) in [5, 5.41) is 10.6. The fourth-order valence-corrected chi connectivity index (χ4v) is 2.60. The molecule has 0 bridgehead atoms. The Morgan fingerprint density at radius 3 is 2.59 bits per heavy atom. The zero-order chi connectivity index (χ0) is 18.9. The van der Waals surface area contributed by atoms with Crippen molar-refractivity contribution >= 4 is 5.96 Å². The molecule has 0 aliphatic heterocycles. The molecule has 3 rings (SSSR count). The van der Waals surface area contributed by atoms with Gasteiger partial charge in [-0.2, -0.15) is 0 Å². The highest BCUT2D eigenvalue weighted by atomic mass is 19.1. The van der Waals surface area contributed by atoms with E-state index in [9.17, 15) is 4.39 Å². The molecule has 0 aliphatic rings. The highest BCUT2D eigenvalue weighted by molar-refractivity contribution is 5.79. The molecular weight excluding hydrogens is 343 g/mol. The molecular formula is C21H23FN4O. The first-order valence-corrected chi connectivity index (χ1v) is 9.02. The molecule has 0 spiro atoms. The maximum Gasteiger partial charge on any atom is 0.191 e. The molecule has 0 saturated carbocycles. The van der Waals surface area contributed by atoms with Gasteiger partial charge >= 0.3 is 0 Å². The van der Waals surface area contributed by atoms with Gasteiger partial charge in [0.05, 0.1) is 6.54 Å². The standard InChI is InChI=1S/C21H23FN4O/c1-2-23-21(24-13-12-16-8-10-18(22)11-9-16)25-15-19-14-20(27-26-19)17-6-4-3-5-7-17/h3-11,14H,2,12-13,15H2,1H3,(H2,23,24,25). The monoisotopic (exact) mass is 366 g/mol. The number of hydrogen-bond donors (Lipinski definition) is 2. The Morgan fingerprint density at radius 2 is 1.85 bits per heavy atom. The molecule has 27 heavy (non-hydrogen) atoms. The number of aromatic nitrogens is 1. The first-order chi connectivity index (χ1) is 13.2. The van der Waals surface area contributed by atoms with Crippen molar-refractivity contribution in [1.82, 2.24) is 15.8 Å². The van der Waals surface area contributed by atoms with Crippen molar-refractivity contribution in [1.29, 1.82) is 0 Å². The van der Waals surface area contributed by atoms with Crippen LogP contribution in [0.2, 0.25) is 0 Å². The van der Waals surface area contributed by atoms with Crippen molar-refractivity contribution in [2.45, 2.75) is 19.9 Å². The summed E-state index contributed by atoms with van der Waals surface area (Å²) < 4.78 is 18.4. The average molecular weight is 366 g/mol. The molecule has 2 aromatic carbocycles. The summed E-state index contributed by atoms with van der Waals surface area (Å²) in [7, 11) is 0. The van der Waals surface area contributed by atoms with Crippen LogP contribution < -0.4 is 10.6 Å². The van der Waals surface area contributed by atoms with Gasteiger partial charge in [0, 0.05) is 24.7 Å². The minimum atomic E-state index is -0.218. The van der Waals surface area contributed by atoms with Gasteiger partial charge in [-0.05, 0) is 31.0 Å². The number of nitrogens with one attached hydrogen (secondary N) is 2. The fourth-order valence-electron chi connectivity index (χ4n) is 2.60. The minimum absolute atomic E-state index is 0.218. The van der Waals surface area contributed by atoms with Gasteiger partial charge in [0.25, 0.3) is 0 Å². The van der Waals surface area contributed by atoms with Crippen LogP contribution in [0.25, 0.3) is 11.3 Å². The van der Waals surface area contributed by atoms with Gasteiger partial charge in [0.1, 0.15) is 11.5 Å². The normalized spacial score (nSPS) is 11.4. The molecule has 2 N–H and O–H groups in total. The maximum atomic E-state index is 13.0. The van der Waals surface area contributed by atoms with E-state index in [1.54, 1.807) is 12.1 Å². The summed E-state index contributed by atoms with van der Waals surface area (Å²) in [5.74, 6) is 1.23. The van der Waals surface area contributed by atoms with Crippen LogP contribution in [0.3, 0.4) is 0 Å².